The van der Waals surface area contributed by atoms with Gasteiger partial charge in [-0.3, -0.25) is 9.78 Å². The normalized spacial score (nSPS) is 21.4. The van der Waals surface area contributed by atoms with Crippen LogP contribution >= 0.6 is 11.6 Å². The van der Waals surface area contributed by atoms with E-state index < -0.39 is 5.54 Å². The van der Waals surface area contributed by atoms with Crippen LogP contribution in [0.25, 0.3) is 15.7 Å². The van der Waals surface area contributed by atoms with Gasteiger partial charge in [0.15, 0.2) is 0 Å². The molecule has 0 bridgehead atoms. The molecule has 0 radical (unpaired) electrons. The summed E-state index contributed by atoms with van der Waals surface area (Å²) in [5, 5.41) is 4.65. The highest BCUT2D eigenvalue weighted by molar-refractivity contribution is 6.30. The second kappa shape index (κ2) is 8.23. The number of anilines is 1. The molecule has 0 saturated heterocycles. The van der Waals surface area contributed by atoms with Crippen molar-refractivity contribution in [3.8, 4) is 0 Å². The fraction of sp³-hybridized carbons (Fsp3) is 0.292. The highest BCUT2D eigenvalue weighted by Crippen LogP contribution is 2.45. The van der Waals surface area contributed by atoms with E-state index in [9.17, 15) is 4.79 Å². The maximum atomic E-state index is 12.4. The van der Waals surface area contributed by atoms with Crippen LogP contribution in [-0.2, 0) is 10.3 Å². The van der Waals surface area contributed by atoms with Crippen molar-refractivity contribution in [1.82, 2.24) is 4.98 Å². The molecule has 1 aliphatic rings. The predicted octanol–water partition coefficient (Wildman–Crippen LogP) is 6.22. The lowest BCUT2D eigenvalue weighted by atomic mass is 9.71. The molecule has 4 nitrogen and oxygen atoms in total. The van der Waals surface area contributed by atoms with Crippen molar-refractivity contribution >= 4 is 34.1 Å². The molecule has 0 aliphatic heterocycles. The van der Waals surface area contributed by atoms with Gasteiger partial charge in [-0.15, -0.1) is 0 Å². The first-order valence-electron chi connectivity index (χ1n) is 9.88. The van der Waals surface area contributed by atoms with Gasteiger partial charge >= 0.3 is 0 Å². The molecule has 0 atom stereocenters. The second-order valence-corrected chi connectivity index (χ2v) is 8.16. The van der Waals surface area contributed by atoms with Gasteiger partial charge in [0.2, 0.25) is 5.91 Å². The Morgan fingerprint density at radius 2 is 1.86 bits per heavy atom. The van der Waals surface area contributed by atoms with Crippen LogP contribution < -0.4 is 5.32 Å². The van der Waals surface area contributed by atoms with E-state index >= 15 is 0 Å². The lowest BCUT2D eigenvalue weighted by molar-refractivity contribution is -0.117. The Bertz CT molecular complexity index is 1060. The van der Waals surface area contributed by atoms with Gasteiger partial charge in [0.1, 0.15) is 0 Å². The largest absolute Gasteiger partial charge is 0.326 e. The van der Waals surface area contributed by atoms with Crippen LogP contribution in [0.4, 0.5) is 5.69 Å². The van der Waals surface area contributed by atoms with Crippen LogP contribution in [0.2, 0.25) is 5.02 Å². The predicted molar refractivity (Wildman–Crippen MR) is 117 cm³/mol. The van der Waals surface area contributed by atoms with Crippen LogP contribution in [0.1, 0.15) is 37.7 Å². The topological polar surface area (TPSA) is 46.4 Å². The highest BCUT2D eigenvalue weighted by atomic mass is 35.5. The number of halogens is 1. The zero-order valence-electron chi connectivity index (χ0n) is 16.1. The average Bonchev–Trinajstić information content (AvgIpc) is 2.76. The number of nitrogens with one attached hydrogen (secondary N) is 1. The van der Waals surface area contributed by atoms with Crippen molar-refractivity contribution in [2.24, 2.45) is 5.92 Å². The maximum Gasteiger partial charge on any atom is 0.258 e. The summed E-state index contributed by atoms with van der Waals surface area (Å²) >= 11 is 5.89. The summed E-state index contributed by atoms with van der Waals surface area (Å²) in [5.74, 6) is 0.312. The molecule has 1 aliphatic carbocycles. The van der Waals surface area contributed by atoms with Crippen molar-refractivity contribution < 1.29 is 4.79 Å². The molecule has 4 rings (SSSR count). The zero-order valence-corrected chi connectivity index (χ0v) is 16.8. The first-order chi connectivity index (χ1) is 14.1. The van der Waals surface area contributed by atoms with E-state index in [1.54, 1.807) is 30.5 Å². The van der Waals surface area contributed by atoms with Crippen molar-refractivity contribution in [1.29, 1.82) is 0 Å². The van der Waals surface area contributed by atoms with Crippen molar-refractivity contribution in [3.63, 3.8) is 0 Å². The fourth-order valence-corrected chi connectivity index (χ4v) is 4.44. The Kier molecular flexibility index (Phi) is 5.51. The molecule has 29 heavy (non-hydrogen) atoms. The first-order valence-corrected chi connectivity index (χ1v) is 10.3. The van der Waals surface area contributed by atoms with Crippen LogP contribution in [0.3, 0.4) is 0 Å². The third-order valence-electron chi connectivity index (χ3n) is 5.90. The molecule has 1 aromatic heterocycles. The van der Waals surface area contributed by atoms with Gasteiger partial charge in [-0.2, -0.15) is 0 Å². The molecule has 1 saturated carbocycles. The number of fused-ring (bicyclic) bond motifs is 1. The van der Waals surface area contributed by atoms with Crippen LogP contribution in [0.15, 0.2) is 60.8 Å². The Morgan fingerprint density at radius 1 is 1.14 bits per heavy atom. The minimum atomic E-state index is -0.522. The number of carbonyl (C=O) groups excluding carboxylic acids is 1. The van der Waals surface area contributed by atoms with Crippen LogP contribution in [-0.4, -0.2) is 10.9 Å². The van der Waals surface area contributed by atoms with Gasteiger partial charge in [-0.05, 0) is 55.2 Å². The Hall–Kier alpha value is -2.90. The van der Waals surface area contributed by atoms with Gasteiger partial charge in [0.25, 0.3) is 5.54 Å². The lowest BCUT2D eigenvalue weighted by Gasteiger charge is -2.31. The molecular weight excluding hydrogens is 382 g/mol. The summed E-state index contributed by atoms with van der Waals surface area (Å²) in [5.41, 5.74) is 2.24. The van der Waals surface area contributed by atoms with Gasteiger partial charge < -0.3 is 10.2 Å². The maximum absolute atomic E-state index is 12.4. The SMILES string of the molecule is [C-]#[N+]C1(c2ccnc3ccccc23)CCC(CC(=O)Nc2ccc(Cl)cc2)CC1. The summed E-state index contributed by atoms with van der Waals surface area (Å²) in [4.78, 5) is 21.0. The Balaban J connectivity index is 1.44. The summed E-state index contributed by atoms with van der Waals surface area (Å²) < 4.78 is 0. The monoisotopic (exact) mass is 403 g/mol. The quantitative estimate of drug-likeness (QED) is 0.525. The van der Waals surface area contributed by atoms with Gasteiger partial charge in [0, 0.05) is 47.1 Å². The molecule has 2 aromatic carbocycles. The number of rotatable bonds is 4. The van der Waals surface area contributed by atoms with E-state index in [4.69, 9.17) is 18.2 Å². The number of hydrogen-bond donors (Lipinski definition) is 1. The Morgan fingerprint density at radius 3 is 2.59 bits per heavy atom. The molecular formula is C24H22ClN3O. The van der Waals surface area contributed by atoms with Gasteiger partial charge in [-0.25, -0.2) is 6.57 Å². The summed E-state index contributed by atoms with van der Waals surface area (Å²) in [6.45, 7) is 7.95. The third kappa shape index (κ3) is 4.11. The smallest absolute Gasteiger partial charge is 0.258 e. The zero-order chi connectivity index (χ0) is 20.3. The first kappa shape index (κ1) is 19.4. The van der Waals surface area contributed by atoms with Crippen molar-refractivity contribution in [2.75, 3.05) is 5.32 Å². The Labute approximate surface area is 175 Å². The fourth-order valence-electron chi connectivity index (χ4n) is 4.31. The molecule has 1 heterocycles. The van der Waals surface area contributed by atoms with E-state index in [-0.39, 0.29) is 5.91 Å². The molecule has 5 heteroatoms. The third-order valence-corrected chi connectivity index (χ3v) is 6.15. The number of pyridine rings is 1. The summed E-state index contributed by atoms with van der Waals surface area (Å²) in [6.07, 6.45) is 5.55. The number of para-hydroxylation sites is 1. The average molecular weight is 404 g/mol. The standard InChI is InChI=1S/C24H22ClN3O/c1-26-24(21-12-15-27-22-5-3-2-4-20(21)22)13-10-17(11-14-24)16-23(29)28-19-8-6-18(25)7-9-19/h2-9,12,15,17H,10-11,13-14,16H2,(H,28,29). The molecule has 146 valence electrons. The van der Waals surface area contributed by atoms with Crippen LogP contribution in [0.5, 0.6) is 0 Å². The van der Waals surface area contributed by atoms with Crippen molar-refractivity contribution in [2.45, 2.75) is 37.6 Å². The van der Waals surface area contributed by atoms with E-state index in [1.165, 1.54) is 0 Å². The molecule has 1 N–H and O–H groups in total. The molecule has 3 aromatic rings. The van der Waals surface area contributed by atoms with E-state index in [1.807, 2.05) is 24.3 Å². The summed E-state index contributed by atoms with van der Waals surface area (Å²) in [6, 6.07) is 17.1. The lowest BCUT2D eigenvalue weighted by Crippen LogP contribution is -2.30. The second-order valence-electron chi connectivity index (χ2n) is 7.72. The van der Waals surface area contributed by atoms with Gasteiger partial charge in [-0.1, -0.05) is 29.8 Å². The van der Waals surface area contributed by atoms with E-state index in [2.05, 4.69) is 21.2 Å². The number of nitrogens with zero attached hydrogens (tertiary/aromatic N) is 2. The van der Waals surface area contributed by atoms with E-state index in [0.29, 0.717) is 17.4 Å². The van der Waals surface area contributed by atoms with Crippen molar-refractivity contribution in [3.05, 3.63) is 82.8 Å². The number of amides is 1. The number of carbonyl (C=O) groups is 1. The van der Waals surface area contributed by atoms with Gasteiger partial charge in [0.05, 0.1) is 5.52 Å². The van der Waals surface area contributed by atoms with E-state index in [0.717, 1.165) is 47.8 Å². The summed E-state index contributed by atoms with van der Waals surface area (Å²) in [7, 11) is 0. The van der Waals surface area contributed by atoms with Crippen LogP contribution in [0, 0.1) is 12.5 Å². The minimum absolute atomic E-state index is 0.0157. The molecule has 0 spiro atoms. The number of hydrogen-bond acceptors (Lipinski definition) is 2. The highest BCUT2D eigenvalue weighted by Gasteiger charge is 2.44. The number of aromatic nitrogens is 1. The molecule has 1 fully saturated rings. The minimum Gasteiger partial charge on any atom is -0.326 e. The molecule has 0 unspecified atom stereocenters. The number of benzene rings is 2. The molecule has 1 amide bonds.